The molecule has 1 aliphatic rings. The number of likely N-dealkylation sites (tertiary alicyclic amines) is 1. The third-order valence-corrected chi connectivity index (χ3v) is 5.67. The molecule has 32 heavy (non-hydrogen) atoms. The van der Waals surface area contributed by atoms with Crippen molar-refractivity contribution in [1.82, 2.24) is 15.5 Å². The second-order valence-electron chi connectivity index (χ2n) is 8.08. The summed E-state index contributed by atoms with van der Waals surface area (Å²) in [5, 5.41) is 5.99. The molecule has 0 spiro atoms. The first kappa shape index (κ1) is 21.6. The number of nitrogens with zero attached hydrogens (tertiary/aromatic N) is 1. The highest BCUT2D eigenvalue weighted by Crippen LogP contribution is 2.22. The Bertz CT molecular complexity index is 1000. The van der Waals surface area contributed by atoms with E-state index in [1.54, 1.807) is 17.0 Å². The monoisotopic (exact) mass is 431 g/mol. The molecular formula is C26H26FN3O2. The molecule has 1 fully saturated rings. The van der Waals surface area contributed by atoms with Crippen LogP contribution in [-0.4, -0.2) is 29.9 Å². The van der Waals surface area contributed by atoms with Crippen LogP contribution in [0.15, 0.2) is 84.9 Å². The summed E-state index contributed by atoms with van der Waals surface area (Å²) >= 11 is 0. The molecule has 4 rings (SSSR count). The maximum atomic E-state index is 13.1. The summed E-state index contributed by atoms with van der Waals surface area (Å²) in [5.41, 5.74) is 2.88. The molecule has 0 saturated carbocycles. The molecule has 1 heterocycles. The Morgan fingerprint density at radius 3 is 2.12 bits per heavy atom. The zero-order valence-corrected chi connectivity index (χ0v) is 17.7. The topological polar surface area (TPSA) is 61.4 Å². The Balaban J connectivity index is 1.32. The summed E-state index contributed by atoms with van der Waals surface area (Å²) in [4.78, 5) is 26.8. The van der Waals surface area contributed by atoms with Gasteiger partial charge in [0.05, 0.1) is 6.04 Å². The van der Waals surface area contributed by atoms with Gasteiger partial charge in [-0.2, -0.15) is 0 Å². The Morgan fingerprint density at radius 2 is 1.53 bits per heavy atom. The van der Waals surface area contributed by atoms with Crippen molar-refractivity contribution in [2.24, 2.45) is 5.92 Å². The van der Waals surface area contributed by atoms with Gasteiger partial charge in [0, 0.05) is 32.0 Å². The SMILES string of the molecule is O=C(NCC1CC(=O)N(Cc2ccc(F)cc2)C1)NC(c1ccccc1)c1ccccc1. The molecule has 3 aromatic rings. The van der Waals surface area contributed by atoms with E-state index in [-0.39, 0.29) is 29.7 Å². The molecule has 1 aliphatic heterocycles. The first-order valence-electron chi connectivity index (χ1n) is 10.7. The molecule has 0 aliphatic carbocycles. The number of rotatable bonds is 7. The van der Waals surface area contributed by atoms with Gasteiger partial charge >= 0.3 is 6.03 Å². The van der Waals surface area contributed by atoms with Crippen molar-refractivity contribution in [3.05, 3.63) is 107 Å². The number of benzene rings is 3. The predicted octanol–water partition coefficient (Wildman–Crippen LogP) is 4.26. The Morgan fingerprint density at radius 1 is 0.938 bits per heavy atom. The van der Waals surface area contributed by atoms with E-state index in [1.807, 2.05) is 60.7 Å². The van der Waals surface area contributed by atoms with E-state index in [2.05, 4.69) is 10.6 Å². The lowest BCUT2D eigenvalue weighted by Gasteiger charge is -2.21. The molecular weight excluding hydrogens is 405 g/mol. The van der Waals surface area contributed by atoms with Gasteiger partial charge in [-0.25, -0.2) is 9.18 Å². The number of halogens is 1. The number of nitrogens with one attached hydrogen (secondary N) is 2. The van der Waals surface area contributed by atoms with Crippen molar-refractivity contribution in [3.63, 3.8) is 0 Å². The van der Waals surface area contributed by atoms with Gasteiger partial charge in [-0.15, -0.1) is 0 Å². The highest BCUT2D eigenvalue weighted by molar-refractivity contribution is 5.79. The standard InChI is InChI=1S/C26H26FN3O2/c27-23-13-11-19(12-14-23)17-30-18-20(15-24(30)31)16-28-26(32)29-25(21-7-3-1-4-8-21)22-9-5-2-6-10-22/h1-14,20,25H,15-18H2,(H2,28,29,32). The minimum atomic E-state index is -0.293. The van der Waals surface area contributed by atoms with Gasteiger partial charge in [0.25, 0.3) is 0 Å². The van der Waals surface area contributed by atoms with Crippen LogP contribution in [0.4, 0.5) is 9.18 Å². The maximum absolute atomic E-state index is 13.1. The first-order chi connectivity index (χ1) is 15.6. The Hall–Kier alpha value is -3.67. The van der Waals surface area contributed by atoms with Crippen LogP contribution >= 0.6 is 0 Å². The lowest BCUT2D eigenvalue weighted by Crippen LogP contribution is -2.41. The van der Waals surface area contributed by atoms with Gasteiger partial charge in [0.2, 0.25) is 5.91 Å². The molecule has 6 heteroatoms. The van der Waals surface area contributed by atoms with Crippen molar-refractivity contribution in [2.45, 2.75) is 19.0 Å². The van der Waals surface area contributed by atoms with Gasteiger partial charge in [0.1, 0.15) is 5.82 Å². The fourth-order valence-electron chi connectivity index (χ4n) is 4.02. The van der Waals surface area contributed by atoms with Crippen LogP contribution < -0.4 is 10.6 Å². The fourth-order valence-corrected chi connectivity index (χ4v) is 4.02. The molecule has 5 nitrogen and oxygen atoms in total. The Kier molecular flexibility index (Phi) is 6.80. The number of hydrogen-bond acceptors (Lipinski definition) is 2. The van der Waals surface area contributed by atoms with E-state index in [0.717, 1.165) is 16.7 Å². The number of hydrogen-bond donors (Lipinski definition) is 2. The normalized spacial score (nSPS) is 15.8. The summed E-state index contributed by atoms with van der Waals surface area (Å²) in [6, 6.07) is 25.3. The summed E-state index contributed by atoms with van der Waals surface area (Å²) in [6.45, 7) is 1.43. The van der Waals surface area contributed by atoms with Crippen LogP contribution in [0.5, 0.6) is 0 Å². The molecule has 164 valence electrons. The highest BCUT2D eigenvalue weighted by Gasteiger charge is 2.30. The molecule has 3 aromatic carbocycles. The highest BCUT2D eigenvalue weighted by atomic mass is 19.1. The van der Waals surface area contributed by atoms with E-state index in [1.165, 1.54) is 12.1 Å². The summed E-state index contributed by atoms with van der Waals surface area (Å²) < 4.78 is 13.1. The van der Waals surface area contributed by atoms with E-state index in [0.29, 0.717) is 26.1 Å². The largest absolute Gasteiger partial charge is 0.338 e. The van der Waals surface area contributed by atoms with Crippen LogP contribution in [0.1, 0.15) is 29.2 Å². The van der Waals surface area contributed by atoms with E-state index in [4.69, 9.17) is 0 Å². The van der Waals surface area contributed by atoms with E-state index < -0.39 is 0 Å². The first-order valence-corrected chi connectivity index (χ1v) is 10.7. The van der Waals surface area contributed by atoms with Crippen molar-refractivity contribution in [2.75, 3.05) is 13.1 Å². The predicted molar refractivity (Wildman–Crippen MR) is 121 cm³/mol. The van der Waals surface area contributed by atoms with Gasteiger partial charge in [-0.1, -0.05) is 72.8 Å². The lowest BCUT2D eigenvalue weighted by atomic mass is 9.99. The number of carbonyl (C=O) groups is 2. The number of carbonyl (C=O) groups excluding carboxylic acids is 2. The molecule has 1 saturated heterocycles. The molecule has 0 aromatic heterocycles. The van der Waals surface area contributed by atoms with Gasteiger partial charge in [-0.05, 0) is 28.8 Å². The van der Waals surface area contributed by atoms with Crippen LogP contribution in [0.3, 0.4) is 0 Å². The molecule has 0 radical (unpaired) electrons. The van der Waals surface area contributed by atoms with Crippen molar-refractivity contribution < 1.29 is 14.0 Å². The van der Waals surface area contributed by atoms with Gasteiger partial charge < -0.3 is 15.5 Å². The molecule has 1 atom stereocenters. The summed E-state index contributed by atoms with van der Waals surface area (Å²) in [5.74, 6) is -0.201. The minimum Gasteiger partial charge on any atom is -0.338 e. The quantitative estimate of drug-likeness (QED) is 0.587. The third-order valence-electron chi connectivity index (χ3n) is 5.67. The number of urea groups is 1. The molecule has 3 amide bonds. The fraction of sp³-hybridized carbons (Fsp3) is 0.231. The van der Waals surface area contributed by atoms with E-state index in [9.17, 15) is 14.0 Å². The molecule has 2 N–H and O–H groups in total. The Labute approximate surface area is 187 Å². The second kappa shape index (κ2) is 10.1. The van der Waals surface area contributed by atoms with E-state index >= 15 is 0 Å². The van der Waals surface area contributed by atoms with Gasteiger partial charge in [0.15, 0.2) is 0 Å². The average Bonchev–Trinajstić information content (AvgIpc) is 3.17. The van der Waals surface area contributed by atoms with Crippen LogP contribution in [0.25, 0.3) is 0 Å². The van der Waals surface area contributed by atoms with Crippen molar-refractivity contribution >= 4 is 11.9 Å². The second-order valence-corrected chi connectivity index (χ2v) is 8.08. The minimum absolute atomic E-state index is 0.0422. The zero-order valence-electron chi connectivity index (χ0n) is 17.7. The smallest absolute Gasteiger partial charge is 0.315 e. The van der Waals surface area contributed by atoms with Crippen molar-refractivity contribution in [3.8, 4) is 0 Å². The van der Waals surface area contributed by atoms with Crippen LogP contribution in [0.2, 0.25) is 0 Å². The zero-order chi connectivity index (χ0) is 22.3. The van der Waals surface area contributed by atoms with Crippen LogP contribution in [-0.2, 0) is 11.3 Å². The van der Waals surface area contributed by atoms with Crippen molar-refractivity contribution in [1.29, 1.82) is 0 Å². The summed E-state index contributed by atoms with van der Waals surface area (Å²) in [7, 11) is 0. The summed E-state index contributed by atoms with van der Waals surface area (Å²) in [6.07, 6.45) is 0.391. The maximum Gasteiger partial charge on any atom is 0.315 e. The van der Waals surface area contributed by atoms with Gasteiger partial charge in [-0.3, -0.25) is 4.79 Å². The lowest BCUT2D eigenvalue weighted by molar-refractivity contribution is -0.128. The number of amides is 3. The average molecular weight is 432 g/mol. The molecule has 1 unspecified atom stereocenters. The third kappa shape index (κ3) is 5.52. The van der Waals surface area contributed by atoms with Crippen LogP contribution in [0, 0.1) is 11.7 Å². The molecule has 0 bridgehead atoms.